The van der Waals surface area contributed by atoms with Crippen molar-refractivity contribution in [1.29, 1.82) is 0 Å². The molecule has 0 N–H and O–H groups in total. The molecule has 0 saturated carbocycles. The van der Waals surface area contributed by atoms with Crippen LogP contribution in [0.5, 0.6) is 0 Å². The molecular formula is C10H13ClN4O. The van der Waals surface area contributed by atoms with Gasteiger partial charge in [-0.2, -0.15) is 0 Å². The Kier molecular flexibility index (Phi) is 2.96. The molecule has 1 atom stereocenters. The molecule has 16 heavy (non-hydrogen) atoms. The average Bonchev–Trinajstić information content (AvgIpc) is 2.76. The summed E-state index contributed by atoms with van der Waals surface area (Å²) >= 11 is 5.89. The summed E-state index contributed by atoms with van der Waals surface area (Å²) in [6, 6.07) is 0. The summed E-state index contributed by atoms with van der Waals surface area (Å²) in [6.07, 6.45) is 1.80. The van der Waals surface area contributed by atoms with Crippen molar-refractivity contribution in [3.05, 3.63) is 29.2 Å². The number of alkyl halides is 1. The molecule has 0 fully saturated rings. The van der Waals surface area contributed by atoms with Gasteiger partial charge < -0.3 is 4.42 Å². The maximum Gasteiger partial charge on any atom is 0.216 e. The SMILES string of the molecule is Cc1nc(Cn2cc(C(C)Cl)nn2)oc1C. The van der Waals surface area contributed by atoms with Gasteiger partial charge in [0.2, 0.25) is 5.89 Å². The first-order chi connectivity index (χ1) is 7.56. The summed E-state index contributed by atoms with van der Waals surface area (Å²) in [7, 11) is 0. The van der Waals surface area contributed by atoms with Crippen molar-refractivity contribution in [2.75, 3.05) is 0 Å². The summed E-state index contributed by atoms with van der Waals surface area (Å²) in [5.74, 6) is 1.47. The normalized spacial score (nSPS) is 13.0. The standard InChI is InChI=1S/C10H13ClN4O/c1-6(11)9-4-15(14-13-9)5-10-12-7(2)8(3)16-10/h4,6H,5H2,1-3H3. The Balaban J connectivity index is 2.14. The zero-order valence-corrected chi connectivity index (χ0v) is 10.2. The van der Waals surface area contributed by atoms with E-state index in [9.17, 15) is 0 Å². The van der Waals surface area contributed by atoms with Gasteiger partial charge >= 0.3 is 0 Å². The van der Waals surface area contributed by atoms with E-state index in [0.717, 1.165) is 17.1 Å². The molecule has 0 aliphatic rings. The van der Waals surface area contributed by atoms with E-state index in [2.05, 4.69) is 15.3 Å². The van der Waals surface area contributed by atoms with Crippen molar-refractivity contribution in [2.45, 2.75) is 32.7 Å². The predicted octanol–water partition coefficient (Wildman–Crippen LogP) is 2.23. The van der Waals surface area contributed by atoms with Crippen LogP contribution in [0.25, 0.3) is 0 Å². The van der Waals surface area contributed by atoms with Gasteiger partial charge in [-0.05, 0) is 20.8 Å². The smallest absolute Gasteiger partial charge is 0.216 e. The molecule has 0 saturated heterocycles. The first-order valence-corrected chi connectivity index (χ1v) is 5.47. The quantitative estimate of drug-likeness (QED) is 0.772. The van der Waals surface area contributed by atoms with Crippen LogP contribution in [0.2, 0.25) is 0 Å². The van der Waals surface area contributed by atoms with E-state index in [1.807, 2.05) is 20.8 Å². The number of aryl methyl sites for hydroxylation is 2. The molecule has 0 aliphatic carbocycles. The van der Waals surface area contributed by atoms with Gasteiger partial charge in [-0.3, -0.25) is 0 Å². The molecule has 0 radical (unpaired) electrons. The second-order valence-electron chi connectivity index (χ2n) is 3.71. The van der Waals surface area contributed by atoms with Gasteiger partial charge in [0.25, 0.3) is 0 Å². The van der Waals surface area contributed by atoms with Gasteiger partial charge in [0, 0.05) is 0 Å². The summed E-state index contributed by atoms with van der Waals surface area (Å²) in [5.41, 5.74) is 1.66. The van der Waals surface area contributed by atoms with Crippen LogP contribution in [-0.4, -0.2) is 20.0 Å². The summed E-state index contributed by atoms with van der Waals surface area (Å²) in [4.78, 5) is 4.27. The Hall–Kier alpha value is -1.36. The highest BCUT2D eigenvalue weighted by Gasteiger charge is 2.10. The molecule has 5 nitrogen and oxygen atoms in total. The minimum Gasteiger partial charge on any atom is -0.444 e. The van der Waals surface area contributed by atoms with Crippen LogP contribution >= 0.6 is 11.6 Å². The molecule has 0 amide bonds. The van der Waals surface area contributed by atoms with Crippen molar-refractivity contribution < 1.29 is 4.42 Å². The lowest BCUT2D eigenvalue weighted by molar-refractivity contribution is 0.442. The van der Waals surface area contributed by atoms with Gasteiger partial charge in [-0.1, -0.05) is 5.21 Å². The predicted molar refractivity (Wildman–Crippen MR) is 59.4 cm³/mol. The van der Waals surface area contributed by atoms with Crippen LogP contribution in [0.3, 0.4) is 0 Å². The molecule has 0 bridgehead atoms. The molecule has 1 unspecified atom stereocenters. The topological polar surface area (TPSA) is 56.7 Å². The molecule has 0 spiro atoms. The summed E-state index contributed by atoms with van der Waals surface area (Å²) < 4.78 is 7.12. The molecule has 2 aromatic heterocycles. The van der Waals surface area contributed by atoms with E-state index in [1.165, 1.54) is 0 Å². The molecule has 0 aromatic carbocycles. The first kappa shape index (κ1) is 11.1. The Morgan fingerprint density at radius 1 is 1.50 bits per heavy atom. The van der Waals surface area contributed by atoms with Crippen LogP contribution < -0.4 is 0 Å². The first-order valence-electron chi connectivity index (χ1n) is 5.03. The van der Waals surface area contributed by atoms with E-state index in [4.69, 9.17) is 16.0 Å². The molecule has 0 aliphatic heterocycles. The van der Waals surface area contributed by atoms with Crippen LogP contribution in [0.4, 0.5) is 0 Å². The third-order valence-corrected chi connectivity index (χ3v) is 2.56. The van der Waals surface area contributed by atoms with E-state index >= 15 is 0 Å². The third-order valence-electron chi connectivity index (χ3n) is 2.33. The van der Waals surface area contributed by atoms with Crippen molar-refractivity contribution in [2.24, 2.45) is 0 Å². The summed E-state index contributed by atoms with van der Waals surface area (Å²) in [6.45, 7) is 6.13. The molecular weight excluding hydrogens is 228 g/mol. The second-order valence-corrected chi connectivity index (χ2v) is 4.36. The van der Waals surface area contributed by atoms with E-state index in [1.54, 1.807) is 10.9 Å². The van der Waals surface area contributed by atoms with E-state index in [-0.39, 0.29) is 5.38 Å². The minimum atomic E-state index is -0.137. The number of rotatable bonds is 3. The lowest BCUT2D eigenvalue weighted by Gasteiger charge is -1.94. The molecule has 2 rings (SSSR count). The van der Waals surface area contributed by atoms with Gasteiger partial charge in [0.15, 0.2) is 0 Å². The van der Waals surface area contributed by atoms with Crippen LogP contribution in [-0.2, 0) is 6.54 Å². The highest BCUT2D eigenvalue weighted by Crippen LogP contribution is 2.16. The Morgan fingerprint density at radius 3 is 2.75 bits per heavy atom. The molecule has 2 heterocycles. The number of halogens is 1. The van der Waals surface area contributed by atoms with E-state index < -0.39 is 0 Å². The van der Waals surface area contributed by atoms with Crippen molar-refractivity contribution in [3.8, 4) is 0 Å². The Bertz CT molecular complexity index is 469. The number of oxazole rings is 1. The molecule has 6 heteroatoms. The van der Waals surface area contributed by atoms with Crippen LogP contribution in [0.1, 0.15) is 35.3 Å². The number of hydrogen-bond donors (Lipinski definition) is 0. The highest BCUT2D eigenvalue weighted by atomic mass is 35.5. The Labute approximate surface area is 98.4 Å². The van der Waals surface area contributed by atoms with E-state index in [0.29, 0.717) is 12.4 Å². The van der Waals surface area contributed by atoms with Gasteiger partial charge in [-0.25, -0.2) is 9.67 Å². The fraction of sp³-hybridized carbons (Fsp3) is 0.500. The van der Waals surface area contributed by atoms with Gasteiger partial charge in [0.1, 0.15) is 18.0 Å². The number of hydrogen-bond acceptors (Lipinski definition) is 4. The van der Waals surface area contributed by atoms with Crippen LogP contribution in [0, 0.1) is 13.8 Å². The highest BCUT2D eigenvalue weighted by molar-refractivity contribution is 6.20. The molecule has 2 aromatic rings. The summed E-state index contributed by atoms with van der Waals surface area (Å²) in [5, 5.41) is 7.77. The van der Waals surface area contributed by atoms with Crippen molar-refractivity contribution >= 4 is 11.6 Å². The molecule has 86 valence electrons. The average molecular weight is 241 g/mol. The van der Waals surface area contributed by atoms with Gasteiger partial charge in [-0.15, -0.1) is 16.7 Å². The van der Waals surface area contributed by atoms with Gasteiger partial charge in [0.05, 0.1) is 17.3 Å². The number of aromatic nitrogens is 4. The second kappa shape index (κ2) is 4.25. The maximum atomic E-state index is 5.89. The maximum absolute atomic E-state index is 5.89. The van der Waals surface area contributed by atoms with Crippen molar-refractivity contribution in [1.82, 2.24) is 20.0 Å². The third kappa shape index (κ3) is 2.24. The largest absolute Gasteiger partial charge is 0.444 e. The monoisotopic (exact) mass is 240 g/mol. The lowest BCUT2D eigenvalue weighted by atomic mass is 10.4. The zero-order valence-electron chi connectivity index (χ0n) is 9.44. The van der Waals surface area contributed by atoms with Crippen molar-refractivity contribution in [3.63, 3.8) is 0 Å². The lowest BCUT2D eigenvalue weighted by Crippen LogP contribution is -2.00. The van der Waals surface area contributed by atoms with Crippen LogP contribution in [0.15, 0.2) is 10.6 Å². The fourth-order valence-electron chi connectivity index (χ4n) is 1.32. The number of nitrogens with zero attached hydrogens (tertiary/aromatic N) is 4. The Morgan fingerprint density at radius 2 is 2.25 bits per heavy atom. The minimum absolute atomic E-state index is 0.137. The fourth-order valence-corrected chi connectivity index (χ4v) is 1.42. The zero-order chi connectivity index (χ0) is 11.7.